The van der Waals surface area contributed by atoms with E-state index in [2.05, 4.69) is 17.5 Å². The molecule has 0 saturated carbocycles. The molecule has 0 atom stereocenters. The van der Waals surface area contributed by atoms with Gasteiger partial charge < -0.3 is 0 Å². The van der Waals surface area contributed by atoms with Crippen LogP contribution in [0.25, 0.3) is 11.1 Å². The van der Waals surface area contributed by atoms with Crippen LogP contribution in [0.3, 0.4) is 0 Å². The third kappa shape index (κ3) is 1.61. The summed E-state index contributed by atoms with van der Waals surface area (Å²) in [7, 11) is 0. The summed E-state index contributed by atoms with van der Waals surface area (Å²) in [5, 5.41) is 12.8. The summed E-state index contributed by atoms with van der Waals surface area (Å²) in [6.45, 7) is 0. The van der Waals surface area contributed by atoms with E-state index in [0.717, 1.165) is 5.56 Å². The third-order valence-electron chi connectivity index (χ3n) is 1.85. The fourth-order valence-corrected chi connectivity index (χ4v) is 1.86. The van der Waals surface area contributed by atoms with E-state index >= 15 is 0 Å². The van der Waals surface area contributed by atoms with E-state index in [1.165, 1.54) is 5.56 Å². The average molecular weight is 185 g/mol. The van der Waals surface area contributed by atoms with Gasteiger partial charge in [0.25, 0.3) is 0 Å². The van der Waals surface area contributed by atoms with Crippen LogP contribution < -0.4 is 0 Å². The number of nitrogens with zero attached hydrogens (tertiary/aromatic N) is 1. The molecule has 62 valence electrons. The molecule has 1 heterocycles. The molecule has 0 aliphatic carbocycles. The van der Waals surface area contributed by atoms with Crippen molar-refractivity contribution in [2.24, 2.45) is 0 Å². The van der Waals surface area contributed by atoms with E-state index in [4.69, 9.17) is 5.26 Å². The highest BCUT2D eigenvalue weighted by Crippen LogP contribution is 2.22. The van der Waals surface area contributed by atoms with E-state index in [-0.39, 0.29) is 0 Å². The van der Waals surface area contributed by atoms with Crippen molar-refractivity contribution in [1.29, 1.82) is 5.26 Å². The Balaban J connectivity index is 2.49. The van der Waals surface area contributed by atoms with E-state index in [1.807, 2.05) is 29.6 Å². The molecule has 1 aromatic heterocycles. The minimum atomic E-state index is 0.712. The SMILES string of the molecule is N#Cc1cccc(-c2ccsc2)c1. The lowest BCUT2D eigenvalue weighted by Gasteiger charge is -1.96. The van der Waals surface area contributed by atoms with Gasteiger partial charge in [-0.05, 0) is 40.1 Å². The van der Waals surface area contributed by atoms with Gasteiger partial charge in [-0.15, -0.1) is 0 Å². The second-order valence-corrected chi connectivity index (χ2v) is 3.48. The Morgan fingerprint density at radius 3 is 2.77 bits per heavy atom. The molecule has 0 radical (unpaired) electrons. The highest BCUT2D eigenvalue weighted by atomic mass is 32.1. The zero-order chi connectivity index (χ0) is 9.10. The van der Waals surface area contributed by atoms with Gasteiger partial charge in [0.2, 0.25) is 0 Å². The van der Waals surface area contributed by atoms with Crippen molar-refractivity contribution in [3.8, 4) is 17.2 Å². The number of hydrogen-bond donors (Lipinski definition) is 0. The molecule has 0 unspecified atom stereocenters. The van der Waals surface area contributed by atoms with Crippen LogP contribution >= 0.6 is 11.3 Å². The van der Waals surface area contributed by atoms with Gasteiger partial charge in [0, 0.05) is 0 Å². The van der Waals surface area contributed by atoms with E-state index in [0.29, 0.717) is 5.56 Å². The molecule has 1 nitrogen and oxygen atoms in total. The Kier molecular flexibility index (Phi) is 2.11. The molecule has 0 bridgehead atoms. The minimum absolute atomic E-state index is 0.712. The summed E-state index contributed by atoms with van der Waals surface area (Å²) in [5.74, 6) is 0. The zero-order valence-electron chi connectivity index (χ0n) is 6.90. The fourth-order valence-electron chi connectivity index (χ4n) is 1.20. The molecule has 0 aliphatic rings. The van der Waals surface area contributed by atoms with Gasteiger partial charge in [-0.1, -0.05) is 12.1 Å². The molecule has 13 heavy (non-hydrogen) atoms. The van der Waals surface area contributed by atoms with E-state index in [1.54, 1.807) is 11.3 Å². The zero-order valence-corrected chi connectivity index (χ0v) is 7.71. The summed E-state index contributed by atoms with van der Waals surface area (Å²) in [5.41, 5.74) is 3.01. The van der Waals surface area contributed by atoms with Crippen LogP contribution in [0.1, 0.15) is 5.56 Å². The maximum absolute atomic E-state index is 8.71. The van der Waals surface area contributed by atoms with Crippen molar-refractivity contribution in [3.05, 3.63) is 46.7 Å². The van der Waals surface area contributed by atoms with Gasteiger partial charge >= 0.3 is 0 Å². The quantitative estimate of drug-likeness (QED) is 0.668. The van der Waals surface area contributed by atoms with Crippen LogP contribution in [0.2, 0.25) is 0 Å². The normalized spacial score (nSPS) is 9.46. The van der Waals surface area contributed by atoms with Crippen LogP contribution in [-0.4, -0.2) is 0 Å². The van der Waals surface area contributed by atoms with Crippen LogP contribution in [0, 0.1) is 11.3 Å². The molecular weight excluding hydrogens is 178 g/mol. The van der Waals surface area contributed by atoms with Gasteiger partial charge in [-0.2, -0.15) is 16.6 Å². The Bertz CT molecular complexity index is 437. The van der Waals surface area contributed by atoms with Crippen LogP contribution in [0.5, 0.6) is 0 Å². The standard InChI is InChI=1S/C11H7NS/c12-7-9-2-1-3-10(6-9)11-4-5-13-8-11/h1-6,8H. The molecule has 0 spiro atoms. The monoisotopic (exact) mass is 185 g/mol. The molecule has 1 aromatic carbocycles. The van der Waals surface area contributed by atoms with Gasteiger partial charge in [0.05, 0.1) is 11.6 Å². The van der Waals surface area contributed by atoms with Crippen LogP contribution in [0.15, 0.2) is 41.1 Å². The highest BCUT2D eigenvalue weighted by molar-refractivity contribution is 7.08. The summed E-state index contributed by atoms with van der Waals surface area (Å²) in [6, 6.07) is 11.8. The second kappa shape index (κ2) is 3.42. The molecule has 0 N–H and O–H groups in total. The summed E-state index contributed by atoms with van der Waals surface area (Å²) >= 11 is 1.66. The molecule has 0 fully saturated rings. The van der Waals surface area contributed by atoms with Gasteiger partial charge in [-0.3, -0.25) is 0 Å². The highest BCUT2D eigenvalue weighted by Gasteiger charge is 1.97. The lowest BCUT2D eigenvalue weighted by Crippen LogP contribution is -1.76. The lowest BCUT2D eigenvalue weighted by molar-refractivity contribution is 1.48. The summed E-state index contributed by atoms with van der Waals surface area (Å²) < 4.78 is 0. The fraction of sp³-hybridized carbons (Fsp3) is 0. The van der Waals surface area contributed by atoms with Crippen LogP contribution in [-0.2, 0) is 0 Å². The predicted octanol–water partition coefficient (Wildman–Crippen LogP) is 3.29. The van der Waals surface area contributed by atoms with Crippen molar-refractivity contribution in [2.75, 3.05) is 0 Å². The topological polar surface area (TPSA) is 23.8 Å². The average Bonchev–Trinajstić information content (AvgIpc) is 2.71. The van der Waals surface area contributed by atoms with Crippen LogP contribution in [0.4, 0.5) is 0 Å². The number of thiophene rings is 1. The molecule has 2 aromatic rings. The van der Waals surface area contributed by atoms with Crippen molar-refractivity contribution >= 4 is 11.3 Å². The molecule has 0 aliphatic heterocycles. The Morgan fingerprint density at radius 1 is 1.15 bits per heavy atom. The van der Waals surface area contributed by atoms with Gasteiger partial charge in [-0.25, -0.2) is 0 Å². The number of nitriles is 1. The first kappa shape index (κ1) is 8.03. The van der Waals surface area contributed by atoms with Gasteiger partial charge in [0.15, 0.2) is 0 Å². The Labute approximate surface area is 80.9 Å². The largest absolute Gasteiger partial charge is 0.192 e. The summed E-state index contributed by atoms with van der Waals surface area (Å²) in [6.07, 6.45) is 0. The molecular formula is C11H7NS. The van der Waals surface area contributed by atoms with Gasteiger partial charge in [0.1, 0.15) is 0 Å². The minimum Gasteiger partial charge on any atom is -0.192 e. The summed E-state index contributed by atoms with van der Waals surface area (Å²) in [4.78, 5) is 0. The molecule has 2 rings (SSSR count). The predicted molar refractivity (Wildman–Crippen MR) is 54.5 cm³/mol. The smallest absolute Gasteiger partial charge is 0.0991 e. The first-order chi connectivity index (χ1) is 6.40. The maximum Gasteiger partial charge on any atom is 0.0991 e. The first-order valence-electron chi connectivity index (χ1n) is 3.93. The van der Waals surface area contributed by atoms with Crippen molar-refractivity contribution in [3.63, 3.8) is 0 Å². The molecule has 0 amide bonds. The third-order valence-corrected chi connectivity index (χ3v) is 2.53. The molecule has 2 heteroatoms. The maximum atomic E-state index is 8.71. The van der Waals surface area contributed by atoms with E-state index in [9.17, 15) is 0 Å². The Morgan fingerprint density at radius 2 is 2.08 bits per heavy atom. The lowest BCUT2D eigenvalue weighted by atomic mass is 10.1. The number of hydrogen-bond acceptors (Lipinski definition) is 2. The Hall–Kier alpha value is -1.59. The first-order valence-corrected chi connectivity index (χ1v) is 4.87. The second-order valence-electron chi connectivity index (χ2n) is 2.70. The number of benzene rings is 1. The van der Waals surface area contributed by atoms with Crippen molar-refractivity contribution in [1.82, 2.24) is 0 Å². The van der Waals surface area contributed by atoms with Crippen molar-refractivity contribution in [2.45, 2.75) is 0 Å². The van der Waals surface area contributed by atoms with Crippen molar-refractivity contribution < 1.29 is 0 Å². The van der Waals surface area contributed by atoms with E-state index < -0.39 is 0 Å². The number of rotatable bonds is 1. The molecule has 0 saturated heterocycles.